The zero-order valence-corrected chi connectivity index (χ0v) is 19.2. The number of benzene rings is 2. The number of carbonyl (C=O) groups is 2. The predicted octanol–water partition coefficient (Wildman–Crippen LogP) is 3.28. The summed E-state index contributed by atoms with van der Waals surface area (Å²) in [7, 11) is 3.11. The highest BCUT2D eigenvalue weighted by Crippen LogP contribution is 2.38. The third kappa shape index (κ3) is 3.94. The number of imide groups is 1. The lowest BCUT2D eigenvalue weighted by Crippen LogP contribution is -2.47. The number of piperazine rings is 1. The SMILES string of the molecule is CCN1CCN(C2=C(c3ccc(OC)cc3)C(=O)N(c3ccc(OC)c(Cl)c3)C2=O)CC1. The van der Waals surface area contributed by atoms with Gasteiger partial charge in [0.2, 0.25) is 0 Å². The lowest BCUT2D eigenvalue weighted by atomic mass is 10.0. The quantitative estimate of drug-likeness (QED) is 0.623. The van der Waals surface area contributed by atoms with Crippen LogP contribution < -0.4 is 14.4 Å². The van der Waals surface area contributed by atoms with Crippen LogP contribution in [0.3, 0.4) is 0 Å². The molecule has 7 nitrogen and oxygen atoms in total. The Morgan fingerprint density at radius 1 is 0.906 bits per heavy atom. The van der Waals surface area contributed by atoms with Crippen molar-refractivity contribution in [1.82, 2.24) is 9.80 Å². The molecule has 0 bridgehead atoms. The van der Waals surface area contributed by atoms with Crippen LogP contribution in [0.15, 0.2) is 48.2 Å². The molecule has 0 saturated carbocycles. The first-order valence-corrected chi connectivity index (χ1v) is 10.9. The van der Waals surface area contributed by atoms with Crippen molar-refractivity contribution in [1.29, 1.82) is 0 Å². The van der Waals surface area contributed by atoms with Gasteiger partial charge in [-0.2, -0.15) is 0 Å². The molecule has 0 aliphatic carbocycles. The fourth-order valence-electron chi connectivity index (χ4n) is 4.15. The summed E-state index contributed by atoms with van der Waals surface area (Å²) in [5.74, 6) is 0.457. The molecule has 0 N–H and O–H groups in total. The van der Waals surface area contributed by atoms with Crippen LogP contribution in [0.25, 0.3) is 5.57 Å². The van der Waals surface area contributed by atoms with E-state index in [-0.39, 0.29) is 11.8 Å². The normalized spacial score (nSPS) is 17.4. The number of anilines is 1. The van der Waals surface area contributed by atoms with E-state index >= 15 is 0 Å². The first-order chi connectivity index (χ1) is 15.5. The highest BCUT2D eigenvalue weighted by molar-refractivity contribution is 6.45. The van der Waals surface area contributed by atoms with Gasteiger partial charge < -0.3 is 19.3 Å². The van der Waals surface area contributed by atoms with Crippen LogP contribution in [0.4, 0.5) is 5.69 Å². The molecule has 2 amide bonds. The Bertz CT molecular complexity index is 1060. The van der Waals surface area contributed by atoms with Crippen LogP contribution in [0.1, 0.15) is 12.5 Å². The van der Waals surface area contributed by atoms with Crippen LogP contribution in [0, 0.1) is 0 Å². The molecule has 1 saturated heterocycles. The van der Waals surface area contributed by atoms with Gasteiger partial charge in [0, 0.05) is 26.2 Å². The number of amides is 2. The Kier molecular flexibility index (Phi) is 6.39. The maximum absolute atomic E-state index is 13.6. The van der Waals surface area contributed by atoms with Gasteiger partial charge in [-0.15, -0.1) is 0 Å². The summed E-state index contributed by atoms with van der Waals surface area (Å²) in [5, 5.41) is 0.335. The van der Waals surface area contributed by atoms with E-state index < -0.39 is 0 Å². The van der Waals surface area contributed by atoms with E-state index in [2.05, 4.69) is 11.8 Å². The molecule has 4 rings (SSSR count). The number of ether oxygens (including phenoxy) is 2. The van der Waals surface area contributed by atoms with Crippen molar-refractivity contribution in [2.24, 2.45) is 0 Å². The molecule has 2 aliphatic heterocycles. The van der Waals surface area contributed by atoms with Crippen LogP contribution in [-0.4, -0.2) is 68.6 Å². The molecule has 2 aromatic carbocycles. The van der Waals surface area contributed by atoms with Gasteiger partial charge in [0.15, 0.2) is 0 Å². The van der Waals surface area contributed by atoms with Crippen molar-refractivity contribution in [3.05, 3.63) is 58.7 Å². The second kappa shape index (κ2) is 9.22. The Morgan fingerprint density at radius 2 is 1.59 bits per heavy atom. The molecule has 0 unspecified atom stereocenters. The zero-order chi connectivity index (χ0) is 22.8. The average molecular weight is 456 g/mol. The Labute approximate surface area is 192 Å². The van der Waals surface area contributed by atoms with Crippen molar-refractivity contribution >= 4 is 34.7 Å². The van der Waals surface area contributed by atoms with E-state index in [1.54, 1.807) is 37.4 Å². The lowest BCUT2D eigenvalue weighted by Gasteiger charge is -2.36. The number of hydrogen-bond donors (Lipinski definition) is 0. The number of hydrogen-bond acceptors (Lipinski definition) is 6. The van der Waals surface area contributed by atoms with Gasteiger partial charge in [0.25, 0.3) is 11.8 Å². The first-order valence-electron chi connectivity index (χ1n) is 10.6. The van der Waals surface area contributed by atoms with Crippen molar-refractivity contribution in [2.45, 2.75) is 6.92 Å². The van der Waals surface area contributed by atoms with Gasteiger partial charge in [-0.05, 0) is 42.4 Å². The highest BCUT2D eigenvalue weighted by atomic mass is 35.5. The van der Waals surface area contributed by atoms with Crippen LogP contribution in [0.5, 0.6) is 11.5 Å². The predicted molar refractivity (Wildman–Crippen MR) is 124 cm³/mol. The van der Waals surface area contributed by atoms with Gasteiger partial charge >= 0.3 is 0 Å². The molecule has 1 fully saturated rings. The van der Waals surface area contributed by atoms with Crippen molar-refractivity contribution in [3.63, 3.8) is 0 Å². The summed E-state index contributed by atoms with van der Waals surface area (Å²) in [6.45, 7) is 6.12. The van der Waals surface area contributed by atoms with E-state index in [0.29, 0.717) is 52.1 Å². The summed E-state index contributed by atoms with van der Waals surface area (Å²) in [6, 6.07) is 12.1. The van der Waals surface area contributed by atoms with E-state index in [1.165, 1.54) is 12.0 Å². The van der Waals surface area contributed by atoms with Crippen molar-refractivity contribution in [2.75, 3.05) is 51.8 Å². The van der Waals surface area contributed by atoms with Crippen LogP contribution in [0.2, 0.25) is 5.02 Å². The summed E-state index contributed by atoms with van der Waals surface area (Å²) in [6.07, 6.45) is 0. The molecule has 0 aromatic heterocycles. The smallest absolute Gasteiger partial charge is 0.282 e. The number of methoxy groups -OCH3 is 2. The minimum Gasteiger partial charge on any atom is -0.497 e. The number of nitrogens with zero attached hydrogens (tertiary/aromatic N) is 3. The molecule has 0 radical (unpaired) electrons. The maximum atomic E-state index is 13.6. The Morgan fingerprint density at radius 3 is 2.16 bits per heavy atom. The minimum absolute atomic E-state index is 0.335. The molecule has 0 atom stereocenters. The number of carbonyl (C=O) groups excluding carboxylic acids is 2. The molecule has 2 aromatic rings. The topological polar surface area (TPSA) is 62.3 Å². The fourth-order valence-corrected chi connectivity index (χ4v) is 4.40. The molecule has 8 heteroatoms. The van der Waals surface area contributed by atoms with E-state index in [0.717, 1.165) is 19.6 Å². The highest BCUT2D eigenvalue weighted by Gasteiger charge is 2.43. The van der Waals surface area contributed by atoms with Crippen LogP contribution >= 0.6 is 11.6 Å². The molecule has 2 heterocycles. The van der Waals surface area contributed by atoms with Gasteiger partial charge in [0.1, 0.15) is 17.2 Å². The van der Waals surface area contributed by atoms with E-state index in [9.17, 15) is 9.59 Å². The molecule has 2 aliphatic rings. The van der Waals surface area contributed by atoms with Crippen molar-refractivity contribution < 1.29 is 19.1 Å². The summed E-state index contributed by atoms with van der Waals surface area (Å²) < 4.78 is 10.5. The third-order valence-corrected chi connectivity index (χ3v) is 6.26. The van der Waals surface area contributed by atoms with E-state index in [4.69, 9.17) is 21.1 Å². The largest absolute Gasteiger partial charge is 0.497 e. The molecule has 0 spiro atoms. The molecule has 32 heavy (non-hydrogen) atoms. The van der Waals surface area contributed by atoms with Crippen molar-refractivity contribution in [3.8, 4) is 11.5 Å². The van der Waals surface area contributed by atoms with Gasteiger partial charge in [-0.25, -0.2) is 4.90 Å². The van der Waals surface area contributed by atoms with Gasteiger partial charge in [-0.1, -0.05) is 30.7 Å². The third-order valence-electron chi connectivity index (χ3n) is 5.97. The van der Waals surface area contributed by atoms with Gasteiger partial charge in [0.05, 0.1) is 30.5 Å². The summed E-state index contributed by atoms with van der Waals surface area (Å²) in [5.41, 5.74) is 1.93. The number of rotatable bonds is 6. The number of likely N-dealkylation sites (N-methyl/N-ethyl adjacent to an activating group) is 1. The number of halogens is 1. The molecular weight excluding hydrogens is 430 g/mol. The monoisotopic (exact) mass is 455 g/mol. The summed E-state index contributed by atoms with van der Waals surface area (Å²) >= 11 is 6.29. The minimum atomic E-state index is -0.366. The second-order valence-corrected chi connectivity index (χ2v) is 8.05. The Hall–Kier alpha value is -3.03. The average Bonchev–Trinajstić information content (AvgIpc) is 3.09. The molecule has 168 valence electrons. The molecular formula is C24H26ClN3O4. The van der Waals surface area contributed by atoms with Crippen LogP contribution in [-0.2, 0) is 9.59 Å². The fraction of sp³-hybridized carbons (Fsp3) is 0.333. The first kappa shape index (κ1) is 22.2. The summed E-state index contributed by atoms with van der Waals surface area (Å²) in [4.78, 5) is 32.8. The zero-order valence-electron chi connectivity index (χ0n) is 18.4. The second-order valence-electron chi connectivity index (χ2n) is 7.64. The standard InChI is InChI=1S/C24H26ClN3O4/c1-4-26-11-13-27(14-12-26)22-21(16-5-8-18(31-2)9-6-16)23(29)28(24(22)30)17-7-10-20(32-3)19(25)15-17/h5-10,15H,4,11-14H2,1-3H3. The van der Waals surface area contributed by atoms with Gasteiger partial charge in [-0.3, -0.25) is 9.59 Å². The maximum Gasteiger partial charge on any atom is 0.282 e. The van der Waals surface area contributed by atoms with E-state index in [1.807, 2.05) is 17.0 Å². The Balaban J connectivity index is 1.76. The lowest BCUT2D eigenvalue weighted by molar-refractivity contribution is -0.120.